The molecule has 2 heterocycles. The SMILES string of the molecule is CC(=O)C[C@@H](C)c1ccc(O[C@@H]2CCN(c3cc(OC4CCC4)ncn3)C2)cc1. The van der Waals surface area contributed by atoms with Crippen molar-refractivity contribution in [2.24, 2.45) is 0 Å². The highest BCUT2D eigenvalue weighted by atomic mass is 16.5. The molecule has 1 aliphatic carbocycles. The van der Waals surface area contributed by atoms with Crippen LogP contribution in [0.15, 0.2) is 36.7 Å². The third-order valence-corrected chi connectivity index (χ3v) is 5.78. The molecule has 1 aromatic carbocycles. The molecule has 6 heteroatoms. The van der Waals surface area contributed by atoms with Crippen LogP contribution in [-0.2, 0) is 4.79 Å². The van der Waals surface area contributed by atoms with Gasteiger partial charge >= 0.3 is 0 Å². The van der Waals surface area contributed by atoms with Gasteiger partial charge in [-0.05, 0) is 49.8 Å². The number of aromatic nitrogens is 2. The second-order valence-corrected chi connectivity index (χ2v) is 8.24. The lowest BCUT2D eigenvalue weighted by molar-refractivity contribution is -0.117. The molecule has 0 spiro atoms. The summed E-state index contributed by atoms with van der Waals surface area (Å²) in [7, 11) is 0. The average molecular weight is 396 g/mol. The number of hydrogen-bond donors (Lipinski definition) is 0. The van der Waals surface area contributed by atoms with Gasteiger partial charge in [0.05, 0.1) is 6.54 Å². The Balaban J connectivity index is 1.32. The minimum absolute atomic E-state index is 0.126. The van der Waals surface area contributed by atoms with Gasteiger partial charge in [0.1, 0.15) is 35.9 Å². The van der Waals surface area contributed by atoms with E-state index in [0.717, 1.165) is 43.9 Å². The molecule has 2 aliphatic rings. The van der Waals surface area contributed by atoms with Crippen LogP contribution >= 0.6 is 0 Å². The van der Waals surface area contributed by atoms with Crippen LogP contribution in [0.25, 0.3) is 0 Å². The summed E-state index contributed by atoms with van der Waals surface area (Å²) in [5.41, 5.74) is 1.17. The Morgan fingerprint density at radius 2 is 1.93 bits per heavy atom. The van der Waals surface area contributed by atoms with Crippen molar-refractivity contribution in [2.45, 2.75) is 64.1 Å². The van der Waals surface area contributed by atoms with Gasteiger partial charge in [-0.25, -0.2) is 9.97 Å². The molecular weight excluding hydrogens is 366 g/mol. The summed E-state index contributed by atoms with van der Waals surface area (Å²) < 4.78 is 12.1. The third-order valence-electron chi connectivity index (χ3n) is 5.78. The Bertz CT molecular complexity index is 836. The zero-order chi connectivity index (χ0) is 20.2. The van der Waals surface area contributed by atoms with Gasteiger partial charge in [0, 0.05) is 25.5 Å². The van der Waals surface area contributed by atoms with Crippen molar-refractivity contribution in [3.8, 4) is 11.6 Å². The van der Waals surface area contributed by atoms with Crippen molar-refractivity contribution in [1.29, 1.82) is 0 Å². The molecule has 2 aromatic rings. The number of ether oxygens (including phenoxy) is 2. The largest absolute Gasteiger partial charge is 0.489 e. The summed E-state index contributed by atoms with van der Waals surface area (Å²) in [5, 5.41) is 0. The van der Waals surface area contributed by atoms with E-state index in [4.69, 9.17) is 9.47 Å². The Morgan fingerprint density at radius 1 is 1.14 bits per heavy atom. The predicted molar refractivity (Wildman–Crippen MR) is 112 cm³/mol. The van der Waals surface area contributed by atoms with Gasteiger partial charge in [0.2, 0.25) is 5.88 Å². The summed E-state index contributed by atoms with van der Waals surface area (Å²) in [5.74, 6) is 2.88. The summed E-state index contributed by atoms with van der Waals surface area (Å²) >= 11 is 0. The zero-order valence-corrected chi connectivity index (χ0v) is 17.2. The number of carbonyl (C=O) groups is 1. The first kappa shape index (κ1) is 19.7. The molecule has 0 amide bonds. The Labute approximate surface area is 172 Å². The predicted octanol–water partition coefficient (Wildman–Crippen LogP) is 4.15. The normalized spacial score (nSPS) is 20.2. The molecule has 1 aliphatic heterocycles. The van der Waals surface area contributed by atoms with Crippen LogP contribution in [-0.4, -0.2) is 41.0 Å². The van der Waals surface area contributed by atoms with E-state index in [-0.39, 0.29) is 17.8 Å². The second-order valence-electron chi connectivity index (χ2n) is 8.24. The molecule has 2 atom stereocenters. The molecule has 0 bridgehead atoms. The van der Waals surface area contributed by atoms with Crippen LogP contribution in [0, 0.1) is 0 Å². The number of ketones is 1. The molecule has 4 rings (SSSR count). The summed E-state index contributed by atoms with van der Waals surface area (Å²) in [6.07, 6.45) is 7.02. The van der Waals surface area contributed by atoms with Crippen molar-refractivity contribution in [2.75, 3.05) is 18.0 Å². The molecule has 29 heavy (non-hydrogen) atoms. The quantitative estimate of drug-likeness (QED) is 0.669. The van der Waals surface area contributed by atoms with Gasteiger partial charge in [-0.3, -0.25) is 0 Å². The molecular formula is C23H29N3O3. The summed E-state index contributed by atoms with van der Waals surface area (Å²) in [4.78, 5) is 22.2. The van der Waals surface area contributed by atoms with Crippen molar-refractivity contribution < 1.29 is 14.3 Å². The van der Waals surface area contributed by atoms with Crippen LogP contribution in [0.3, 0.4) is 0 Å². The van der Waals surface area contributed by atoms with Gasteiger partial charge in [0.25, 0.3) is 0 Å². The Hall–Kier alpha value is -2.63. The van der Waals surface area contributed by atoms with Gasteiger partial charge in [-0.2, -0.15) is 0 Å². The zero-order valence-electron chi connectivity index (χ0n) is 17.2. The molecule has 1 saturated heterocycles. The topological polar surface area (TPSA) is 64.5 Å². The summed E-state index contributed by atoms with van der Waals surface area (Å²) in [6, 6.07) is 10.1. The first-order valence-corrected chi connectivity index (χ1v) is 10.6. The number of nitrogens with zero attached hydrogens (tertiary/aromatic N) is 3. The number of hydrogen-bond acceptors (Lipinski definition) is 6. The van der Waals surface area contributed by atoms with Crippen molar-refractivity contribution >= 4 is 11.6 Å². The van der Waals surface area contributed by atoms with E-state index < -0.39 is 0 Å². The van der Waals surface area contributed by atoms with E-state index in [9.17, 15) is 4.79 Å². The Morgan fingerprint density at radius 3 is 2.62 bits per heavy atom. The first-order chi connectivity index (χ1) is 14.1. The average Bonchev–Trinajstić information content (AvgIpc) is 3.13. The van der Waals surface area contributed by atoms with E-state index in [0.29, 0.717) is 18.4 Å². The Kier molecular flexibility index (Phi) is 5.97. The van der Waals surface area contributed by atoms with Gasteiger partial charge in [0.15, 0.2) is 0 Å². The minimum Gasteiger partial charge on any atom is -0.489 e. The van der Waals surface area contributed by atoms with E-state index in [1.165, 1.54) is 12.0 Å². The fourth-order valence-corrected chi connectivity index (χ4v) is 3.88. The van der Waals surface area contributed by atoms with E-state index >= 15 is 0 Å². The maximum Gasteiger partial charge on any atom is 0.218 e. The summed E-state index contributed by atoms with van der Waals surface area (Å²) in [6.45, 7) is 5.41. The fourth-order valence-electron chi connectivity index (χ4n) is 3.88. The van der Waals surface area contributed by atoms with Crippen LogP contribution in [0.5, 0.6) is 11.6 Å². The number of rotatable bonds is 8. The highest BCUT2D eigenvalue weighted by molar-refractivity contribution is 5.76. The van der Waals surface area contributed by atoms with Gasteiger partial charge in [-0.15, -0.1) is 0 Å². The monoisotopic (exact) mass is 395 g/mol. The van der Waals surface area contributed by atoms with Gasteiger partial charge < -0.3 is 19.2 Å². The van der Waals surface area contributed by atoms with Crippen LogP contribution < -0.4 is 14.4 Å². The highest BCUT2D eigenvalue weighted by Crippen LogP contribution is 2.28. The second kappa shape index (κ2) is 8.80. The van der Waals surface area contributed by atoms with Crippen LogP contribution in [0.1, 0.15) is 57.4 Å². The van der Waals surface area contributed by atoms with E-state index in [1.807, 2.05) is 18.2 Å². The van der Waals surface area contributed by atoms with E-state index in [2.05, 4.69) is 33.9 Å². The number of Topliss-reactive ketones (excluding diaryl/α,β-unsaturated/α-hetero) is 1. The maximum atomic E-state index is 11.3. The number of benzene rings is 1. The molecule has 0 radical (unpaired) electrons. The minimum atomic E-state index is 0.126. The van der Waals surface area contributed by atoms with Crippen LogP contribution in [0.4, 0.5) is 5.82 Å². The lowest BCUT2D eigenvalue weighted by atomic mass is 9.96. The molecule has 1 aromatic heterocycles. The van der Waals surface area contributed by atoms with E-state index in [1.54, 1.807) is 13.3 Å². The molecule has 2 fully saturated rings. The third kappa shape index (κ3) is 5.05. The maximum absolute atomic E-state index is 11.3. The molecule has 0 unspecified atom stereocenters. The van der Waals surface area contributed by atoms with Crippen LogP contribution in [0.2, 0.25) is 0 Å². The smallest absolute Gasteiger partial charge is 0.218 e. The van der Waals surface area contributed by atoms with Crippen molar-refractivity contribution in [1.82, 2.24) is 9.97 Å². The first-order valence-electron chi connectivity index (χ1n) is 10.6. The number of anilines is 1. The molecule has 0 N–H and O–H groups in total. The van der Waals surface area contributed by atoms with Crippen molar-refractivity contribution in [3.63, 3.8) is 0 Å². The van der Waals surface area contributed by atoms with Gasteiger partial charge in [-0.1, -0.05) is 19.1 Å². The standard InChI is InChI=1S/C23H29N3O3/c1-16(12-17(2)27)18-6-8-20(9-7-18)28-21-10-11-26(14-21)22-13-23(25-15-24-22)29-19-4-3-5-19/h6-9,13,15-16,19,21H,3-5,10-12,14H2,1-2H3/t16-,21-/m1/s1. The fraction of sp³-hybridized carbons (Fsp3) is 0.522. The molecule has 154 valence electrons. The van der Waals surface area contributed by atoms with Crippen molar-refractivity contribution in [3.05, 3.63) is 42.2 Å². The lowest BCUT2D eigenvalue weighted by Gasteiger charge is -2.26. The highest BCUT2D eigenvalue weighted by Gasteiger charge is 2.26. The molecule has 6 nitrogen and oxygen atoms in total. The molecule has 1 saturated carbocycles. The number of carbonyl (C=O) groups excluding carboxylic acids is 1. The lowest BCUT2D eigenvalue weighted by Crippen LogP contribution is -2.27.